The second-order valence-electron chi connectivity index (χ2n) is 2.50. The molecule has 1 aromatic heterocycles. The van der Waals surface area contributed by atoms with Gasteiger partial charge < -0.3 is 5.11 Å². The summed E-state index contributed by atoms with van der Waals surface area (Å²) in [5.74, 6) is 0.0139. The van der Waals surface area contributed by atoms with Gasteiger partial charge in [0.25, 0.3) is 0 Å². The standard InChI is InChI=1S/C7H10F2N2O/c1-4-5(2)11(7(8)9)6(3-12)10-4/h7,12H,3H2,1-2H3. The van der Waals surface area contributed by atoms with Gasteiger partial charge in [-0.25, -0.2) is 4.98 Å². The average Bonchev–Trinajstić information content (AvgIpc) is 2.28. The Morgan fingerprint density at radius 2 is 2.08 bits per heavy atom. The number of aryl methyl sites for hydroxylation is 1. The molecule has 0 aliphatic rings. The summed E-state index contributed by atoms with van der Waals surface area (Å²) in [5.41, 5.74) is 0.924. The van der Waals surface area contributed by atoms with Crippen LogP contribution in [0.3, 0.4) is 0 Å². The van der Waals surface area contributed by atoms with E-state index in [0.29, 0.717) is 11.4 Å². The lowest BCUT2D eigenvalue weighted by Crippen LogP contribution is -2.05. The molecule has 0 spiro atoms. The lowest BCUT2D eigenvalue weighted by Gasteiger charge is -2.05. The zero-order valence-corrected chi connectivity index (χ0v) is 6.88. The summed E-state index contributed by atoms with van der Waals surface area (Å²) < 4.78 is 25.3. The molecule has 5 heteroatoms. The molecule has 0 aliphatic heterocycles. The fraction of sp³-hybridized carbons (Fsp3) is 0.571. The van der Waals surface area contributed by atoms with Crippen molar-refractivity contribution in [1.29, 1.82) is 0 Å². The molecule has 0 radical (unpaired) electrons. The summed E-state index contributed by atoms with van der Waals surface area (Å²) in [6, 6.07) is 0. The summed E-state index contributed by atoms with van der Waals surface area (Å²) >= 11 is 0. The minimum Gasteiger partial charge on any atom is -0.388 e. The number of aliphatic hydroxyl groups is 1. The Morgan fingerprint density at radius 1 is 1.50 bits per heavy atom. The molecule has 0 saturated heterocycles. The average molecular weight is 176 g/mol. The Kier molecular flexibility index (Phi) is 2.42. The van der Waals surface area contributed by atoms with Crippen LogP contribution in [0.2, 0.25) is 0 Å². The predicted octanol–water partition coefficient (Wildman–Crippen LogP) is 1.39. The Hall–Kier alpha value is -0.970. The van der Waals surface area contributed by atoms with Crippen molar-refractivity contribution in [2.45, 2.75) is 27.0 Å². The van der Waals surface area contributed by atoms with Crippen molar-refractivity contribution in [3.05, 3.63) is 17.2 Å². The zero-order valence-electron chi connectivity index (χ0n) is 6.88. The van der Waals surface area contributed by atoms with Crippen LogP contribution >= 0.6 is 0 Å². The molecule has 1 heterocycles. The highest BCUT2D eigenvalue weighted by Gasteiger charge is 2.16. The van der Waals surface area contributed by atoms with Crippen molar-refractivity contribution in [2.24, 2.45) is 0 Å². The van der Waals surface area contributed by atoms with Gasteiger partial charge >= 0.3 is 6.55 Å². The summed E-state index contributed by atoms with van der Waals surface area (Å²) in [6.07, 6.45) is 0. The summed E-state index contributed by atoms with van der Waals surface area (Å²) in [5, 5.41) is 8.69. The van der Waals surface area contributed by atoms with Crippen LogP contribution in [-0.2, 0) is 6.61 Å². The summed E-state index contributed by atoms with van der Waals surface area (Å²) in [4.78, 5) is 3.78. The van der Waals surface area contributed by atoms with Crippen LogP contribution in [0.25, 0.3) is 0 Å². The molecule has 1 aromatic rings. The monoisotopic (exact) mass is 176 g/mol. The third-order valence-electron chi connectivity index (χ3n) is 1.80. The van der Waals surface area contributed by atoms with Gasteiger partial charge in [0.15, 0.2) is 0 Å². The molecular weight excluding hydrogens is 166 g/mol. The van der Waals surface area contributed by atoms with E-state index in [0.717, 1.165) is 4.57 Å². The first-order valence-electron chi connectivity index (χ1n) is 3.51. The van der Waals surface area contributed by atoms with Gasteiger partial charge in [-0.15, -0.1) is 0 Å². The second-order valence-corrected chi connectivity index (χ2v) is 2.50. The van der Waals surface area contributed by atoms with Gasteiger partial charge in [0.1, 0.15) is 12.4 Å². The third kappa shape index (κ3) is 1.32. The molecule has 0 saturated carbocycles. The number of aliphatic hydroxyl groups excluding tert-OH is 1. The van der Waals surface area contributed by atoms with E-state index in [2.05, 4.69) is 4.98 Å². The minimum atomic E-state index is -2.63. The quantitative estimate of drug-likeness (QED) is 0.739. The molecule has 0 bridgehead atoms. The third-order valence-corrected chi connectivity index (χ3v) is 1.80. The van der Waals surface area contributed by atoms with Gasteiger partial charge in [-0.2, -0.15) is 8.78 Å². The van der Waals surface area contributed by atoms with Crippen LogP contribution in [0.1, 0.15) is 23.8 Å². The second kappa shape index (κ2) is 3.18. The van der Waals surface area contributed by atoms with E-state index in [1.807, 2.05) is 0 Å². The molecule has 1 rings (SSSR count). The zero-order chi connectivity index (χ0) is 9.30. The fourth-order valence-corrected chi connectivity index (χ4v) is 1.07. The number of rotatable bonds is 2. The van der Waals surface area contributed by atoms with Crippen molar-refractivity contribution in [3.8, 4) is 0 Å². The van der Waals surface area contributed by atoms with E-state index in [1.165, 1.54) is 0 Å². The number of aromatic nitrogens is 2. The molecule has 0 unspecified atom stereocenters. The van der Waals surface area contributed by atoms with Crippen molar-refractivity contribution in [3.63, 3.8) is 0 Å². The molecule has 0 aromatic carbocycles. The van der Waals surface area contributed by atoms with E-state index < -0.39 is 13.2 Å². The lowest BCUT2D eigenvalue weighted by molar-refractivity contribution is 0.0601. The van der Waals surface area contributed by atoms with Crippen LogP contribution in [-0.4, -0.2) is 14.7 Å². The molecule has 68 valence electrons. The molecule has 0 atom stereocenters. The summed E-state index contributed by atoms with van der Waals surface area (Å²) in [6.45, 7) is 0.0911. The van der Waals surface area contributed by atoms with Crippen LogP contribution < -0.4 is 0 Å². The highest BCUT2D eigenvalue weighted by molar-refractivity contribution is 5.13. The van der Waals surface area contributed by atoms with E-state index in [-0.39, 0.29) is 5.82 Å². The van der Waals surface area contributed by atoms with Gasteiger partial charge in [-0.05, 0) is 13.8 Å². The van der Waals surface area contributed by atoms with Gasteiger partial charge in [-0.3, -0.25) is 4.57 Å². The van der Waals surface area contributed by atoms with Gasteiger partial charge in [-0.1, -0.05) is 0 Å². The van der Waals surface area contributed by atoms with Crippen molar-refractivity contribution >= 4 is 0 Å². The van der Waals surface area contributed by atoms with E-state index >= 15 is 0 Å². The predicted molar refractivity (Wildman–Crippen MR) is 38.9 cm³/mol. The maximum Gasteiger partial charge on any atom is 0.320 e. The van der Waals surface area contributed by atoms with E-state index in [9.17, 15) is 8.78 Å². The normalized spacial score (nSPS) is 11.2. The van der Waals surface area contributed by atoms with Crippen LogP contribution in [0.4, 0.5) is 8.78 Å². The maximum atomic E-state index is 12.3. The highest BCUT2D eigenvalue weighted by atomic mass is 19.3. The maximum absolute atomic E-state index is 12.3. The van der Waals surface area contributed by atoms with Crippen LogP contribution in [0.5, 0.6) is 0 Å². The lowest BCUT2D eigenvalue weighted by atomic mass is 10.4. The topological polar surface area (TPSA) is 38.1 Å². The Bertz CT molecular complexity index is 283. The molecule has 0 amide bonds. The Labute approximate surface area is 68.7 Å². The highest BCUT2D eigenvalue weighted by Crippen LogP contribution is 2.19. The van der Waals surface area contributed by atoms with Gasteiger partial charge in [0.05, 0.1) is 5.69 Å². The number of alkyl halides is 2. The SMILES string of the molecule is Cc1nc(CO)n(C(F)F)c1C. The van der Waals surface area contributed by atoms with Crippen molar-refractivity contribution in [2.75, 3.05) is 0 Å². The van der Waals surface area contributed by atoms with Gasteiger partial charge in [0.2, 0.25) is 0 Å². The number of hydrogen-bond donors (Lipinski definition) is 1. The molecule has 0 aliphatic carbocycles. The van der Waals surface area contributed by atoms with Gasteiger partial charge in [0, 0.05) is 5.69 Å². The number of nitrogens with zero attached hydrogens (tertiary/aromatic N) is 2. The smallest absolute Gasteiger partial charge is 0.320 e. The molecular formula is C7H10F2N2O. The fourth-order valence-electron chi connectivity index (χ4n) is 1.07. The van der Waals surface area contributed by atoms with E-state index in [4.69, 9.17) is 5.11 Å². The van der Waals surface area contributed by atoms with Crippen LogP contribution in [0, 0.1) is 13.8 Å². The first kappa shape index (κ1) is 9.12. The Morgan fingerprint density at radius 3 is 2.42 bits per heavy atom. The van der Waals surface area contributed by atoms with Crippen molar-refractivity contribution in [1.82, 2.24) is 9.55 Å². The minimum absolute atomic E-state index is 0.0139. The molecule has 1 N–H and O–H groups in total. The number of imidazole rings is 1. The van der Waals surface area contributed by atoms with Crippen molar-refractivity contribution < 1.29 is 13.9 Å². The Balaban J connectivity index is 3.21. The molecule has 3 nitrogen and oxygen atoms in total. The summed E-state index contributed by atoms with van der Waals surface area (Å²) in [7, 11) is 0. The number of halogens is 2. The first-order valence-corrected chi connectivity index (χ1v) is 3.51. The molecule has 0 fully saturated rings. The largest absolute Gasteiger partial charge is 0.388 e. The van der Waals surface area contributed by atoms with Crippen LogP contribution in [0.15, 0.2) is 0 Å². The molecule has 12 heavy (non-hydrogen) atoms. The first-order chi connectivity index (χ1) is 5.57. The number of hydrogen-bond acceptors (Lipinski definition) is 2. The van der Waals surface area contributed by atoms with E-state index in [1.54, 1.807) is 13.8 Å².